The molecule has 0 radical (unpaired) electrons. The van der Waals surface area contributed by atoms with Crippen molar-refractivity contribution in [2.24, 2.45) is 0 Å². The summed E-state index contributed by atoms with van der Waals surface area (Å²) < 4.78 is 7.20. The van der Waals surface area contributed by atoms with E-state index in [-0.39, 0.29) is 0 Å². The van der Waals surface area contributed by atoms with E-state index in [0.717, 1.165) is 28.7 Å². The first-order valence-corrected chi connectivity index (χ1v) is 7.08. The third kappa shape index (κ3) is 2.05. The van der Waals surface area contributed by atoms with Crippen molar-refractivity contribution in [2.45, 2.75) is 13.5 Å². The van der Waals surface area contributed by atoms with Gasteiger partial charge in [0.15, 0.2) is 0 Å². The fraction of sp³-hybridized carbons (Fsp3) is 0.125. The lowest BCUT2D eigenvalue weighted by Crippen LogP contribution is -1.96. The van der Waals surface area contributed by atoms with Crippen LogP contribution in [0.1, 0.15) is 6.92 Å². The van der Waals surface area contributed by atoms with Gasteiger partial charge in [-0.2, -0.15) is 4.98 Å². The van der Waals surface area contributed by atoms with Gasteiger partial charge in [-0.1, -0.05) is 28.6 Å². The van der Waals surface area contributed by atoms with E-state index in [4.69, 9.17) is 4.52 Å². The first-order chi connectivity index (χ1) is 10.8. The number of hydrogen-bond donors (Lipinski definition) is 0. The quantitative estimate of drug-likeness (QED) is 0.580. The van der Waals surface area contributed by atoms with Crippen molar-refractivity contribution in [3.63, 3.8) is 0 Å². The summed E-state index contributed by atoms with van der Waals surface area (Å²) >= 11 is 0. The van der Waals surface area contributed by atoms with Crippen LogP contribution in [0.25, 0.3) is 33.9 Å². The summed E-state index contributed by atoms with van der Waals surface area (Å²) in [5.74, 6) is 1.07. The molecule has 6 heteroatoms. The summed E-state index contributed by atoms with van der Waals surface area (Å²) in [7, 11) is 0. The van der Waals surface area contributed by atoms with Crippen LogP contribution < -0.4 is 0 Å². The summed E-state index contributed by atoms with van der Waals surface area (Å²) in [6.45, 7) is 2.80. The first kappa shape index (κ1) is 12.7. The molecule has 4 rings (SSSR count). The fourth-order valence-corrected chi connectivity index (χ4v) is 2.38. The van der Waals surface area contributed by atoms with Crippen LogP contribution in [0.5, 0.6) is 0 Å². The molecule has 0 bridgehead atoms. The predicted molar refractivity (Wildman–Crippen MR) is 81.9 cm³/mol. The molecule has 22 heavy (non-hydrogen) atoms. The highest BCUT2D eigenvalue weighted by atomic mass is 16.5. The standard InChI is InChI=1S/C16H13N5O/c1-2-21-14-10-12(8-9-13(14)18-20-21)15-17-16(22-19-15)11-6-4-3-5-7-11/h3-10H,2H2,1H3. The average Bonchev–Trinajstić information content (AvgIpc) is 3.22. The van der Waals surface area contributed by atoms with Crippen LogP contribution in [0.3, 0.4) is 0 Å². The monoisotopic (exact) mass is 291 g/mol. The molecule has 2 aromatic carbocycles. The Balaban J connectivity index is 1.77. The van der Waals surface area contributed by atoms with E-state index < -0.39 is 0 Å². The van der Waals surface area contributed by atoms with Gasteiger partial charge in [0, 0.05) is 17.7 Å². The number of rotatable bonds is 3. The van der Waals surface area contributed by atoms with Gasteiger partial charge in [0.25, 0.3) is 5.89 Å². The Bertz CT molecular complexity index is 926. The van der Waals surface area contributed by atoms with Crippen molar-refractivity contribution < 1.29 is 4.52 Å². The van der Waals surface area contributed by atoms with E-state index in [9.17, 15) is 0 Å². The number of benzene rings is 2. The molecule has 6 nitrogen and oxygen atoms in total. The molecular weight excluding hydrogens is 278 g/mol. The van der Waals surface area contributed by atoms with Crippen molar-refractivity contribution in [3.05, 3.63) is 48.5 Å². The van der Waals surface area contributed by atoms with E-state index in [2.05, 4.69) is 20.5 Å². The van der Waals surface area contributed by atoms with Crippen LogP contribution in [0.4, 0.5) is 0 Å². The molecule has 0 atom stereocenters. The highest BCUT2D eigenvalue weighted by molar-refractivity contribution is 5.80. The second kappa shape index (κ2) is 5.07. The largest absolute Gasteiger partial charge is 0.334 e. The predicted octanol–water partition coefficient (Wildman–Crippen LogP) is 3.17. The summed E-state index contributed by atoms with van der Waals surface area (Å²) in [6, 6.07) is 15.5. The summed E-state index contributed by atoms with van der Waals surface area (Å²) in [4.78, 5) is 4.47. The SMILES string of the molecule is CCn1nnc2ccc(-c3noc(-c4ccccc4)n3)cc21. The fourth-order valence-electron chi connectivity index (χ4n) is 2.38. The molecule has 0 fully saturated rings. The molecule has 0 aliphatic carbocycles. The summed E-state index contributed by atoms with van der Waals surface area (Å²) in [6.07, 6.45) is 0. The van der Waals surface area contributed by atoms with E-state index in [1.807, 2.05) is 60.1 Å². The van der Waals surface area contributed by atoms with Crippen LogP contribution in [-0.2, 0) is 6.54 Å². The minimum absolute atomic E-state index is 0.512. The second-order valence-corrected chi connectivity index (χ2v) is 4.90. The van der Waals surface area contributed by atoms with E-state index in [1.54, 1.807) is 0 Å². The smallest absolute Gasteiger partial charge is 0.258 e. The summed E-state index contributed by atoms with van der Waals surface area (Å²) in [5.41, 5.74) is 3.61. The summed E-state index contributed by atoms with van der Waals surface area (Å²) in [5, 5.41) is 12.3. The van der Waals surface area contributed by atoms with Crippen LogP contribution in [0.15, 0.2) is 53.1 Å². The lowest BCUT2D eigenvalue weighted by atomic mass is 10.2. The highest BCUT2D eigenvalue weighted by Gasteiger charge is 2.12. The molecule has 2 aromatic heterocycles. The zero-order chi connectivity index (χ0) is 14.9. The maximum absolute atomic E-state index is 5.36. The van der Waals surface area contributed by atoms with Gasteiger partial charge < -0.3 is 4.52 Å². The first-order valence-electron chi connectivity index (χ1n) is 7.08. The van der Waals surface area contributed by atoms with Crippen LogP contribution >= 0.6 is 0 Å². The molecule has 4 aromatic rings. The molecule has 0 spiro atoms. The average molecular weight is 291 g/mol. The van der Waals surface area contributed by atoms with Gasteiger partial charge in [-0.05, 0) is 37.3 Å². The van der Waals surface area contributed by atoms with E-state index in [1.165, 1.54) is 0 Å². The number of aryl methyl sites for hydroxylation is 1. The highest BCUT2D eigenvalue weighted by Crippen LogP contribution is 2.24. The Morgan fingerprint density at radius 1 is 1.05 bits per heavy atom. The Labute approximate surface area is 126 Å². The normalized spacial score (nSPS) is 11.1. The Morgan fingerprint density at radius 2 is 1.91 bits per heavy atom. The van der Waals surface area contributed by atoms with Gasteiger partial charge in [0.05, 0.1) is 5.52 Å². The van der Waals surface area contributed by atoms with E-state index >= 15 is 0 Å². The van der Waals surface area contributed by atoms with Crippen molar-refractivity contribution in [3.8, 4) is 22.8 Å². The van der Waals surface area contributed by atoms with Crippen LogP contribution in [0, 0.1) is 0 Å². The maximum Gasteiger partial charge on any atom is 0.258 e. The van der Waals surface area contributed by atoms with Gasteiger partial charge in [-0.15, -0.1) is 5.10 Å². The number of fused-ring (bicyclic) bond motifs is 1. The van der Waals surface area contributed by atoms with Gasteiger partial charge in [-0.3, -0.25) is 0 Å². The molecule has 0 N–H and O–H groups in total. The minimum Gasteiger partial charge on any atom is -0.334 e. The molecule has 2 heterocycles. The number of aromatic nitrogens is 5. The number of hydrogen-bond acceptors (Lipinski definition) is 5. The Morgan fingerprint density at radius 3 is 2.73 bits per heavy atom. The zero-order valence-electron chi connectivity index (χ0n) is 12.0. The van der Waals surface area contributed by atoms with Gasteiger partial charge in [-0.25, -0.2) is 4.68 Å². The molecular formula is C16H13N5O. The molecule has 0 saturated carbocycles. The lowest BCUT2D eigenvalue weighted by Gasteiger charge is -1.98. The molecule has 0 unspecified atom stereocenters. The molecule has 0 saturated heterocycles. The second-order valence-electron chi connectivity index (χ2n) is 4.90. The van der Waals surface area contributed by atoms with Crippen molar-refractivity contribution >= 4 is 11.0 Å². The molecule has 108 valence electrons. The van der Waals surface area contributed by atoms with Crippen molar-refractivity contribution in [1.82, 2.24) is 25.1 Å². The van der Waals surface area contributed by atoms with Crippen LogP contribution in [0.2, 0.25) is 0 Å². The molecule has 0 aliphatic heterocycles. The topological polar surface area (TPSA) is 69.6 Å². The Hall–Kier alpha value is -3.02. The third-order valence-corrected chi connectivity index (χ3v) is 3.52. The van der Waals surface area contributed by atoms with Gasteiger partial charge in [0.1, 0.15) is 5.52 Å². The minimum atomic E-state index is 0.512. The Kier molecular flexibility index (Phi) is 2.93. The zero-order valence-corrected chi connectivity index (χ0v) is 12.0. The van der Waals surface area contributed by atoms with Gasteiger partial charge in [0.2, 0.25) is 5.82 Å². The maximum atomic E-state index is 5.36. The third-order valence-electron chi connectivity index (χ3n) is 3.52. The molecule has 0 amide bonds. The number of nitrogens with zero attached hydrogens (tertiary/aromatic N) is 5. The van der Waals surface area contributed by atoms with Crippen LogP contribution in [-0.4, -0.2) is 25.1 Å². The van der Waals surface area contributed by atoms with Crippen molar-refractivity contribution in [1.29, 1.82) is 0 Å². The molecule has 0 aliphatic rings. The van der Waals surface area contributed by atoms with E-state index in [0.29, 0.717) is 11.7 Å². The lowest BCUT2D eigenvalue weighted by molar-refractivity contribution is 0.432. The van der Waals surface area contributed by atoms with Gasteiger partial charge >= 0.3 is 0 Å². The van der Waals surface area contributed by atoms with Crippen molar-refractivity contribution in [2.75, 3.05) is 0 Å².